The zero-order chi connectivity index (χ0) is 23.1. The average molecular weight is 449 g/mol. The van der Waals surface area contributed by atoms with E-state index in [0.29, 0.717) is 29.9 Å². The molecule has 2 atom stereocenters. The molecule has 3 aromatic rings. The SMILES string of the molecule is COc1ccc([C@@H]2CC(=O)C3=C(C2)Nc2nnnn2[C@H]3c2cc(OC)c(O)c(OC)c2)cc1. The summed E-state index contributed by atoms with van der Waals surface area (Å²) in [7, 11) is 4.54. The van der Waals surface area contributed by atoms with Crippen LogP contribution < -0.4 is 19.5 Å². The van der Waals surface area contributed by atoms with Crippen molar-refractivity contribution in [2.75, 3.05) is 26.6 Å². The maximum absolute atomic E-state index is 13.5. The van der Waals surface area contributed by atoms with Gasteiger partial charge in [0.25, 0.3) is 0 Å². The Kier molecular flexibility index (Phi) is 5.12. The fourth-order valence-electron chi connectivity index (χ4n) is 4.56. The number of tetrazole rings is 1. The summed E-state index contributed by atoms with van der Waals surface area (Å²) in [4.78, 5) is 13.5. The van der Waals surface area contributed by atoms with Gasteiger partial charge in [0.15, 0.2) is 17.3 Å². The number of carbonyl (C=O) groups is 1. The highest BCUT2D eigenvalue weighted by Gasteiger charge is 2.40. The fourth-order valence-corrected chi connectivity index (χ4v) is 4.56. The standard InChI is InChI=1S/C23H23N5O5/c1-31-15-6-4-12(5-7-15)13-8-16-20(17(29)9-13)21(28-23(24-16)25-26-27-28)14-10-18(32-2)22(30)19(11-14)33-3/h4-7,10-11,13,21,30H,8-9H2,1-3H3,(H,24,25,27)/t13-,21-/m0/s1. The number of phenolic OH excluding ortho intramolecular Hbond substituents is 1. The number of allylic oxidation sites excluding steroid dienone is 2. The maximum Gasteiger partial charge on any atom is 0.248 e. The van der Waals surface area contributed by atoms with Gasteiger partial charge in [-0.1, -0.05) is 17.2 Å². The lowest BCUT2D eigenvalue weighted by molar-refractivity contribution is -0.116. The van der Waals surface area contributed by atoms with Gasteiger partial charge in [0.1, 0.15) is 11.8 Å². The van der Waals surface area contributed by atoms with Crippen LogP contribution in [0.3, 0.4) is 0 Å². The lowest BCUT2D eigenvalue weighted by Gasteiger charge is -2.34. The van der Waals surface area contributed by atoms with Crippen LogP contribution in [-0.4, -0.2) is 52.4 Å². The Morgan fingerprint density at radius 2 is 1.70 bits per heavy atom. The Bertz CT molecular complexity index is 1230. The van der Waals surface area contributed by atoms with Crippen LogP contribution in [0.2, 0.25) is 0 Å². The molecular weight excluding hydrogens is 426 g/mol. The predicted octanol–water partition coefficient (Wildman–Crippen LogP) is 2.82. The molecule has 2 N–H and O–H groups in total. The van der Waals surface area contributed by atoms with E-state index < -0.39 is 6.04 Å². The van der Waals surface area contributed by atoms with Gasteiger partial charge in [-0.15, -0.1) is 0 Å². The van der Waals surface area contributed by atoms with Crippen molar-refractivity contribution in [2.45, 2.75) is 24.8 Å². The minimum Gasteiger partial charge on any atom is -0.502 e. The number of Topliss-reactive ketones (excluding diaryl/α,β-unsaturated/α-hetero) is 1. The van der Waals surface area contributed by atoms with Crippen LogP contribution in [0.5, 0.6) is 23.0 Å². The smallest absolute Gasteiger partial charge is 0.248 e. The molecule has 10 heteroatoms. The van der Waals surface area contributed by atoms with E-state index in [1.807, 2.05) is 24.3 Å². The van der Waals surface area contributed by atoms with Gasteiger partial charge in [0.05, 0.1) is 21.3 Å². The lowest BCUT2D eigenvalue weighted by Crippen LogP contribution is -2.33. The number of fused-ring (bicyclic) bond motifs is 1. The van der Waals surface area contributed by atoms with Crippen LogP contribution in [0.15, 0.2) is 47.7 Å². The summed E-state index contributed by atoms with van der Waals surface area (Å²) in [5.41, 5.74) is 3.10. The molecule has 1 aromatic heterocycles. The average Bonchev–Trinajstić information content (AvgIpc) is 3.31. The van der Waals surface area contributed by atoms with Crippen LogP contribution in [-0.2, 0) is 4.79 Å². The van der Waals surface area contributed by atoms with E-state index in [4.69, 9.17) is 14.2 Å². The first kappa shape index (κ1) is 20.8. The zero-order valence-corrected chi connectivity index (χ0v) is 18.4. The Morgan fingerprint density at radius 1 is 1.00 bits per heavy atom. The van der Waals surface area contributed by atoms with E-state index in [9.17, 15) is 9.90 Å². The number of hydrogen-bond donors (Lipinski definition) is 2. The summed E-state index contributed by atoms with van der Waals surface area (Å²) >= 11 is 0. The van der Waals surface area contributed by atoms with Crippen molar-refractivity contribution >= 4 is 11.7 Å². The van der Waals surface area contributed by atoms with E-state index in [0.717, 1.165) is 17.0 Å². The van der Waals surface area contributed by atoms with Crippen molar-refractivity contribution in [3.63, 3.8) is 0 Å². The van der Waals surface area contributed by atoms with E-state index >= 15 is 0 Å². The van der Waals surface area contributed by atoms with Crippen LogP contribution in [0.1, 0.15) is 35.9 Å². The summed E-state index contributed by atoms with van der Waals surface area (Å²) in [5.74, 6) is 1.58. The van der Waals surface area contributed by atoms with E-state index in [1.54, 1.807) is 23.9 Å². The summed E-state index contributed by atoms with van der Waals surface area (Å²) in [6.45, 7) is 0. The predicted molar refractivity (Wildman–Crippen MR) is 118 cm³/mol. The second-order valence-corrected chi connectivity index (χ2v) is 7.94. The Morgan fingerprint density at radius 3 is 2.33 bits per heavy atom. The number of hydrogen-bond acceptors (Lipinski definition) is 9. The molecule has 1 aliphatic heterocycles. The van der Waals surface area contributed by atoms with Crippen LogP contribution >= 0.6 is 0 Å². The first-order chi connectivity index (χ1) is 16.0. The minimum absolute atomic E-state index is 0.00160. The Hall–Kier alpha value is -4.08. The molecule has 5 rings (SSSR count). The molecular formula is C23H23N5O5. The molecule has 2 aliphatic rings. The summed E-state index contributed by atoms with van der Waals surface area (Å²) in [5, 5.41) is 25.6. The van der Waals surface area contributed by atoms with Gasteiger partial charge >= 0.3 is 0 Å². The number of ether oxygens (including phenoxy) is 3. The van der Waals surface area contributed by atoms with Crippen molar-refractivity contribution in [2.24, 2.45) is 0 Å². The lowest BCUT2D eigenvalue weighted by atomic mass is 9.78. The van der Waals surface area contributed by atoms with Gasteiger partial charge < -0.3 is 24.6 Å². The molecule has 0 fully saturated rings. The number of rotatable bonds is 5. The number of benzene rings is 2. The first-order valence-electron chi connectivity index (χ1n) is 10.4. The Balaban J connectivity index is 1.59. The molecule has 33 heavy (non-hydrogen) atoms. The number of aromatic hydroxyl groups is 1. The molecule has 10 nitrogen and oxygen atoms in total. The number of nitrogens with zero attached hydrogens (tertiary/aromatic N) is 4. The van der Waals surface area contributed by atoms with Gasteiger partial charge in [-0.05, 0) is 58.2 Å². The second kappa shape index (κ2) is 8.12. The quantitative estimate of drug-likeness (QED) is 0.606. The molecule has 0 unspecified atom stereocenters. The molecule has 1 aliphatic carbocycles. The third-order valence-electron chi connectivity index (χ3n) is 6.19. The van der Waals surface area contributed by atoms with E-state index in [2.05, 4.69) is 20.8 Å². The van der Waals surface area contributed by atoms with Gasteiger partial charge in [-0.3, -0.25) is 4.79 Å². The number of aromatic nitrogens is 4. The molecule has 0 radical (unpaired) electrons. The summed E-state index contributed by atoms with van der Waals surface area (Å²) < 4.78 is 17.5. The van der Waals surface area contributed by atoms with Gasteiger partial charge in [-0.2, -0.15) is 4.68 Å². The number of nitrogens with one attached hydrogen (secondary N) is 1. The highest BCUT2D eigenvalue weighted by molar-refractivity contribution is 6.00. The van der Waals surface area contributed by atoms with Crippen molar-refractivity contribution in [3.05, 3.63) is 58.8 Å². The molecule has 0 bridgehead atoms. The maximum atomic E-state index is 13.5. The van der Waals surface area contributed by atoms with Crippen molar-refractivity contribution in [3.8, 4) is 23.0 Å². The number of methoxy groups -OCH3 is 3. The largest absolute Gasteiger partial charge is 0.502 e. The molecule has 0 amide bonds. The minimum atomic E-state index is -0.584. The van der Waals surface area contributed by atoms with Crippen LogP contribution in [0, 0.1) is 0 Å². The van der Waals surface area contributed by atoms with Gasteiger partial charge in [-0.25, -0.2) is 0 Å². The Labute approximate surface area is 189 Å². The van der Waals surface area contributed by atoms with Crippen molar-refractivity contribution < 1.29 is 24.1 Å². The van der Waals surface area contributed by atoms with Crippen LogP contribution in [0.4, 0.5) is 5.95 Å². The first-order valence-corrected chi connectivity index (χ1v) is 10.4. The number of anilines is 1. The van der Waals surface area contributed by atoms with E-state index in [1.165, 1.54) is 14.2 Å². The zero-order valence-electron chi connectivity index (χ0n) is 18.4. The van der Waals surface area contributed by atoms with Crippen LogP contribution in [0.25, 0.3) is 0 Å². The highest BCUT2D eigenvalue weighted by atomic mass is 16.5. The van der Waals surface area contributed by atoms with Crippen molar-refractivity contribution in [1.29, 1.82) is 0 Å². The molecule has 170 valence electrons. The molecule has 2 heterocycles. The normalized spacial score (nSPS) is 19.4. The number of phenols is 1. The van der Waals surface area contributed by atoms with Gasteiger partial charge in [0, 0.05) is 17.7 Å². The summed E-state index contributed by atoms with van der Waals surface area (Å²) in [6, 6.07) is 10.5. The topological polar surface area (TPSA) is 121 Å². The third kappa shape index (κ3) is 3.43. The third-order valence-corrected chi connectivity index (χ3v) is 6.19. The van der Waals surface area contributed by atoms with E-state index in [-0.39, 0.29) is 28.9 Å². The molecule has 0 saturated heterocycles. The number of ketones is 1. The number of carbonyl (C=O) groups excluding carboxylic acids is 1. The molecule has 0 spiro atoms. The van der Waals surface area contributed by atoms with Crippen molar-refractivity contribution in [1.82, 2.24) is 20.2 Å². The highest BCUT2D eigenvalue weighted by Crippen LogP contribution is 2.46. The summed E-state index contributed by atoms with van der Waals surface area (Å²) in [6.07, 6.45) is 0.982. The second-order valence-electron chi connectivity index (χ2n) is 7.94. The van der Waals surface area contributed by atoms with Gasteiger partial charge in [0.2, 0.25) is 11.7 Å². The fraction of sp³-hybridized carbons (Fsp3) is 0.304. The molecule has 0 saturated carbocycles. The monoisotopic (exact) mass is 449 g/mol. The molecule has 2 aromatic carbocycles.